The van der Waals surface area contributed by atoms with Crippen molar-refractivity contribution in [1.82, 2.24) is 10.2 Å². The Bertz CT molecular complexity index is 608. The Morgan fingerprint density at radius 3 is 2.82 bits per heavy atom. The molecule has 2 rings (SSSR count). The summed E-state index contributed by atoms with van der Waals surface area (Å²) >= 11 is 12.0. The molecule has 17 heavy (non-hydrogen) atoms. The minimum absolute atomic E-state index is 0.202. The number of nitrogens with zero attached hydrogens (tertiary/aromatic N) is 1. The van der Waals surface area contributed by atoms with Gasteiger partial charge in [-0.25, -0.2) is 5.10 Å². The van der Waals surface area contributed by atoms with Gasteiger partial charge >= 0.3 is 0 Å². The van der Waals surface area contributed by atoms with Gasteiger partial charge in [-0.3, -0.25) is 4.79 Å². The van der Waals surface area contributed by atoms with E-state index >= 15 is 0 Å². The molecule has 0 atom stereocenters. The van der Waals surface area contributed by atoms with Crippen molar-refractivity contribution in [3.63, 3.8) is 0 Å². The predicted octanol–water partition coefficient (Wildman–Crippen LogP) is 2.98. The fraction of sp³-hybridized carbons (Fsp3) is 0.167. The number of aryl methyl sites for hydroxylation is 1. The summed E-state index contributed by atoms with van der Waals surface area (Å²) in [6.45, 7) is 1.82. The van der Waals surface area contributed by atoms with E-state index in [2.05, 4.69) is 10.2 Å². The van der Waals surface area contributed by atoms with E-state index in [-0.39, 0.29) is 5.56 Å². The standard InChI is InChI=1S/C12H10Cl2N2O/c1-7-5-9(12(17)16-15-7)6-8-3-2-4-10(13)11(8)14/h2-5H,6H2,1H3,(H,16,17). The number of H-pyrrole nitrogens is 1. The summed E-state index contributed by atoms with van der Waals surface area (Å²) in [5.41, 5.74) is 2.02. The highest BCUT2D eigenvalue weighted by molar-refractivity contribution is 6.42. The van der Waals surface area contributed by atoms with E-state index in [9.17, 15) is 4.79 Å². The number of aromatic amines is 1. The molecule has 3 nitrogen and oxygen atoms in total. The lowest BCUT2D eigenvalue weighted by atomic mass is 10.1. The van der Waals surface area contributed by atoms with Crippen molar-refractivity contribution in [3.8, 4) is 0 Å². The molecule has 1 heterocycles. The van der Waals surface area contributed by atoms with E-state index in [1.807, 2.05) is 19.1 Å². The first-order valence-corrected chi connectivity index (χ1v) is 5.81. The predicted molar refractivity (Wildman–Crippen MR) is 68.9 cm³/mol. The quantitative estimate of drug-likeness (QED) is 0.910. The van der Waals surface area contributed by atoms with Gasteiger partial charge in [0.1, 0.15) is 0 Å². The van der Waals surface area contributed by atoms with Gasteiger partial charge in [0.25, 0.3) is 5.56 Å². The highest BCUT2D eigenvalue weighted by atomic mass is 35.5. The zero-order valence-electron chi connectivity index (χ0n) is 9.13. The minimum Gasteiger partial charge on any atom is -0.268 e. The smallest absolute Gasteiger partial charge is 0.267 e. The molecule has 0 radical (unpaired) electrons. The lowest BCUT2D eigenvalue weighted by molar-refractivity contribution is 0.913. The summed E-state index contributed by atoms with van der Waals surface area (Å²) in [5, 5.41) is 7.25. The lowest BCUT2D eigenvalue weighted by Gasteiger charge is -2.05. The van der Waals surface area contributed by atoms with Gasteiger partial charge in [0.15, 0.2) is 0 Å². The number of hydrogen-bond donors (Lipinski definition) is 1. The molecule has 0 saturated carbocycles. The molecule has 0 aliphatic carbocycles. The molecule has 88 valence electrons. The van der Waals surface area contributed by atoms with Crippen LogP contribution in [-0.2, 0) is 6.42 Å². The number of aromatic nitrogens is 2. The van der Waals surface area contributed by atoms with Crippen LogP contribution in [-0.4, -0.2) is 10.2 Å². The third-order valence-corrected chi connectivity index (χ3v) is 3.28. The summed E-state index contributed by atoms with van der Waals surface area (Å²) in [6, 6.07) is 7.13. The van der Waals surface area contributed by atoms with Crippen molar-refractivity contribution in [2.45, 2.75) is 13.3 Å². The monoisotopic (exact) mass is 268 g/mol. The van der Waals surface area contributed by atoms with Crippen LogP contribution < -0.4 is 5.56 Å². The molecule has 0 unspecified atom stereocenters. The van der Waals surface area contributed by atoms with Crippen LogP contribution >= 0.6 is 23.2 Å². The number of nitrogens with one attached hydrogen (secondary N) is 1. The molecule has 0 aliphatic rings. The second-order valence-corrected chi connectivity index (χ2v) is 4.54. The fourth-order valence-electron chi connectivity index (χ4n) is 1.58. The molecule has 1 N–H and O–H groups in total. The SMILES string of the molecule is Cc1cc(Cc2cccc(Cl)c2Cl)c(=O)[nH]n1. The van der Waals surface area contributed by atoms with Gasteiger partial charge in [-0.1, -0.05) is 35.3 Å². The van der Waals surface area contributed by atoms with Crippen LogP contribution in [0.4, 0.5) is 0 Å². The van der Waals surface area contributed by atoms with E-state index < -0.39 is 0 Å². The van der Waals surface area contributed by atoms with E-state index in [4.69, 9.17) is 23.2 Å². The highest BCUT2D eigenvalue weighted by Gasteiger charge is 2.08. The van der Waals surface area contributed by atoms with Crippen LogP contribution in [0.2, 0.25) is 10.0 Å². The van der Waals surface area contributed by atoms with Crippen molar-refractivity contribution < 1.29 is 0 Å². The van der Waals surface area contributed by atoms with Gasteiger partial charge < -0.3 is 0 Å². The summed E-state index contributed by atoms with van der Waals surface area (Å²) in [4.78, 5) is 11.6. The van der Waals surface area contributed by atoms with E-state index in [0.717, 1.165) is 11.3 Å². The molecule has 0 fully saturated rings. The molecular weight excluding hydrogens is 259 g/mol. The first kappa shape index (κ1) is 12.1. The van der Waals surface area contributed by atoms with Crippen molar-refractivity contribution in [2.75, 3.05) is 0 Å². The van der Waals surface area contributed by atoms with E-state index in [1.54, 1.807) is 12.1 Å². The summed E-state index contributed by atoms with van der Waals surface area (Å²) in [6.07, 6.45) is 0.443. The normalized spacial score (nSPS) is 10.5. The van der Waals surface area contributed by atoms with Crippen LogP contribution in [0.15, 0.2) is 29.1 Å². The molecule has 0 amide bonds. The Balaban J connectivity index is 2.41. The third kappa shape index (κ3) is 2.68. The van der Waals surface area contributed by atoms with Crippen molar-refractivity contribution in [2.24, 2.45) is 0 Å². The lowest BCUT2D eigenvalue weighted by Crippen LogP contribution is -2.15. The zero-order valence-corrected chi connectivity index (χ0v) is 10.6. The van der Waals surface area contributed by atoms with Crippen LogP contribution in [0.5, 0.6) is 0 Å². The molecule has 1 aromatic heterocycles. The second kappa shape index (κ2) is 4.90. The number of hydrogen-bond acceptors (Lipinski definition) is 2. The van der Waals surface area contributed by atoms with E-state index in [0.29, 0.717) is 22.0 Å². The first-order valence-electron chi connectivity index (χ1n) is 5.06. The van der Waals surface area contributed by atoms with Gasteiger partial charge in [-0.05, 0) is 24.6 Å². The topological polar surface area (TPSA) is 45.8 Å². The molecular formula is C12H10Cl2N2O. The Hall–Kier alpha value is -1.32. The Morgan fingerprint density at radius 1 is 1.29 bits per heavy atom. The molecule has 1 aromatic carbocycles. The maximum atomic E-state index is 11.6. The average Bonchev–Trinajstić information content (AvgIpc) is 2.30. The van der Waals surface area contributed by atoms with Crippen molar-refractivity contribution in [3.05, 3.63) is 61.5 Å². The largest absolute Gasteiger partial charge is 0.268 e. The van der Waals surface area contributed by atoms with Crippen LogP contribution in [0, 0.1) is 6.92 Å². The molecule has 0 spiro atoms. The summed E-state index contributed by atoms with van der Waals surface area (Å²) in [5.74, 6) is 0. The van der Waals surface area contributed by atoms with Gasteiger partial charge in [0.05, 0.1) is 15.7 Å². The first-order chi connectivity index (χ1) is 8.08. The average molecular weight is 269 g/mol. The minimum atomic E-state index is -0.202. The molecule has 0 bridgehead atoms. The van der Waals surface area contributed by atoms with E-state index in [1.165, 1.54) is 0 Å². The highest BCUT2D eigenvalue weighted by Crippen LogP contribution is 2.26. The number of halogens is 2. The fourth-order valence-corrected chi connectivity index (χ4v) is 1.97. The molecule has 5 heteroatoms. The summed E-state index contributed by atoms with van der Waals surface area (Å²) in [7, 11) is 0. The van der Waals surface area contributed by atoms with Crippen LogP contribution in [0.1, 0.15) is 16.8 Å². The zero-order chi connectivity index (χ0) is 12.4. The third-order valence-electron chi connectivity index (χ3n) is 2.42. The van der Waals surface area contributed by atoms with Crippen molar-refractivity contribution in [1.29, 1.82) is 0 Å². The number of rotatable bonds is 2. The Kier molecular flexibility index (Phi) is 3.50. The summed E-state index contributed by atoms with van der Waals surface area (Å²) < 4.78 is 0. The Labute approximate surface area is 108 Å². The molecule has 2 aromatic rings. The van der Waals surface area contributed by atoms with Gasteiger partial charge in [0, 0.05) is 12.0 Å². The van der Waals surface area contributed by atoms with Crippen LogP contribution in [0.3, 0.4) is 0 Å². The van der Waals surface area contributed by atoms with Crippen LogP contribution in [0.25, 0.3) is 0 Å². The van der Waals surface area contributed by atoms with Gasteiger partial charge in [0.2, 0.25) is 0 Å². The maximum Gasteiger partial charge on any atom is 0.267 e. The molecule has 0 saturated heterocycles. The maximum absolute atomic E-state index is 11.6. The van der Waals surface area contributed by atoms with Crippen molar-refractivity contribution >= 4 is 23.2 Å². The second-order valence-electron chi connectivity index (χ2n) is 3.75. The van der Waals surface area contributed by atoms with Gasteiger partial charge in [-0.2, -0.15) is 5.10 Å². The van der Waals surface area contributed by atoms with Gasteiger partial charge in [-0.15, -0.1) is 0 Å². The molecule has 0 aliphatic heterocycles. The Morgan fingerprint density at radius 2 is 2.06 bits per heavy atom. The number of benzene rings is 1.